The summed E-state index contributed by atoms with van der Waals surface area (Å²) < 4.78 is 0. The fraction of sp³-hybridized carbons (Fsp3) is 0.538. The topological polar surface area (TPSA) is 0 Å². The van der Waals surface area contributed by atoms with Crippen molar-refractivity contribution in [3.8, 4) is 0 Å². The molecule has 0 aromatic heterocycles. The third-order valence-electron chi connectivity index (χ3n) is 3.21. The van der Waals surface area contributed by atoms with Gasteiger partial charge in [-0.15, -0.1) is 0 Å². The zero-order chi connectivity index (χ0) is 9.26. The SMILES string of the molecule is CCC1=C(C)C2=CCCCCC2=C1. The number of hydrogen-bond donors (Lipinski definition) is 0. The third kappa shape index (κ3) is 1.50. The Morgan fingerprint density at radius 1 is 1.31 bits per heavy atom. The monoisotopic (exact) mass is 174 g/mol. The van der Waals surface area contributed by atoms with Crippen LogP contribution in [0.4, 0.5) is 0 Å². The minimum absolute atomic E-state index is 1.19. The van der Waals surface area contributed by atoms with Crippen molar-refractivity contribution in [3.05, 3.63) is 34.4 Å². The van der Waals surface area contributed by atoms with E-state index < -0.39 is 0 Å². The standard InChI is InChI=1S/C13H18/c1-3-11-9-12-7-5-4-6-8-13(12)10(11)2/h8-9H,3-7H2,1-2H3. The first-order valence-corrected chi connectivity index (χ1v) is 5.44. The molecule has 0 N–H and O–H groups in total. The molecule has 0 heteroatoms. The second-order valence-electron chi connectivity index (χ2n) is 4.04. The number of rotatable bonds is 1. The van der Waals surface area contributed by atoms with E-state index >= 15 is 0 Å². The third-order valence-corrected chi connectivity index (χ3v) is 3.21. The van der Waals surface area contributed by atoms with Gasteiger partial charge in [0.2, 0.25) is 0 Å². The minimum Gasteiger partial charge on any atom is -0.0767 e. The number of allylic oxidation sites excluding steroid dienone is 6. The average molecular weight is 174 g/mol. The van der Waals surface area contributed by atoms with Gasteiger partial charge in [-0.05, 0) is 61.3 Å². The lowest BCUT2D eigenvalue weighted by Crippen LogP contribution is -1.84. The van der Waals surface area contributed by atoms with Crippen molar-refractivity contribution in [1.29, 1.82) is 0 Å². The summed E-state index contributed by atoms with van der Waals surface area (Å²) in [5.74, 6) is 0. The van der Waals surface area contributed by atoms with E-state index in [0.29, 0.717) is 0 Å². The van der Waals surface area contributed by atoms with Gasteiger partial charge < -0.3 is 0 Å². The Kier molecular flexibility index (Phi) is 2.39. The van der Waals surface area contributed by atoms with Crippen molar-refractivity contribution in [2.75, 3.05) is 0 Å². The van der Waals surface area contributed by atoms with E-state index in [1.165, 1.54) is 32.1 Å². The predicted octanol–water partition coefficient (Wildman–Crippen LogP) is 4.15. The number of hydrogen-bond acceptors (Lipinski definition) is 0. The number of fused-ring (bicyclic) bond motifs is 1. The second-order valence-corrected chi connectivity index (χ2v) is 4.04. The van der Waals surface area contributed by atoms with Gasteiger partial charge in [0, 0.05) is 0 Å². The molecule has 0 saturated heterocycles. The van der Waals surface area contributed by atoms with Crippen LogP contribution in [-0.2, 0) is 0 Å². The van der Waals surface area contributed by atoms with Crippen LogP contribution in [-0.4, -0.2) is 0 Å². The molecule has 0 amide bonds. The van der Waals surface area contributed by atoms with Crippen LogP contribution in [0.5, 0.6) is 0 Å². The van der Waals surface area contributed by atoms with Crippen molar-refractivity contribution in [1.82, 2.24) is 0 Å². The van der Waals surface area contributed by atoms with E-state index in [0.717, 1.165) is 0 Å². The summed E-state index contributed by atoms with van der Waals surface area (Å²) in [7, 11) is 0. The lowest BCUT2D eigenvalue weighted by atomic mass is 10.0. The Hall–Kier alpha value is -0.780. The van der Waals surface area contributed by atoms with Crippen LogP contribution in [0.3, 0.4) is 0 Å². The Bertz CT molecular complexity index is 300. The molecule has 2 aliphatic carbocycles. The quantitative estimate of drug-likeness (QED) is 0.560. The first kappa shape index (κ1) is 8.80. The molecule has 0 bridgehead atoms. The molecule has 0 atom stereocenters. The molecule has 2 aliphatic rings. The van der Waals surface area contributed by atoms with Gasteiger partial charge in [-0.2, -0.15) is 0 Å². The molecule has 70 valence electrons. The van der Waals surface area contributed by atoms with E-state index in [1.54, 1.807) is 22.3 Å². The van der Waals surface area contributed by atoms with Crippen LogP contribution in [0.2, 0.25) is 0 Å². The van der Waals surface area contributed by atoms with Crippen molar-refractivity contribution >= 4 is 0 Å². The molecule has 0 fully saturated rings. The highest BCUT2D eigenvalue weighted by Gasteiger charge is 2.18. The van der Waals surface area contributed by atoms with Crippen LogP contribution in [0.15, 0.2) is 34.4 Å². The summed E-state index contributed by atoms with van der Waals surface area (Å²) in [6.45, 7) is 4.53. The molecule has 0 radical (unpaired) electrons. The molecule has 2 rings (SSSR count). The maximum absolute atomic E-state index is 2.44. The molecule has 0 saturated carbocycles. The molecule has 0 unspecified atom stereocenters. The molecule has 0 aliphatic heterocycles. The molecule has 0 nitrogen and oxygen atoms in total. The van der Waals surface area contributed by atoms with Crippen molar-refractivity contribution < 1.29 is 0 Å². The van der Waals surface area contributed by atoms with Crippen molar-refractivity contribution in [2.45, 2.75) is 46.0 Å². The van der Waals surface area contributed by atoms with E-state index in [9.17, 15) is 0 Å². The first-order valence-electron chi connectivity index (χ1n) is 5.44. The van der Waals surface area contributed by atoms with Crippen LogP contribution >= 0.6 is 0 Å². The average Bonchev–Trinajstić information content (AvgIpc) is 2.37. The van der Waals surface area contributed by atoms with Gasteiger partial charge in [-0.1, -0.05) is 19.1 Å². The fourth-order valence-electron chi connectivity index (χ4n) is 2.37. The lowest BCUT2D eigenvalue weighted by Gasteiger charge is -2.03. The summed E-state index contributed by atoms with van der Waals surface area (Å²) in [4.78, 5) is 0. The van der Waals surface area contributed by atoms with E-state index in [-0.39, 0.29) is 0 Å². The molecular formula is C13H18. The Morgan fingerprint density at radius 3 is 2.92 bits per heavy atom. The fourth-order valence-corrected chi connectivity index (χ4v) is 2.37. The molecular weight excluding hydrogens is 156 g/mol. The molecule has 13 heavy (non-hydrogen) atoms. The van der Waals surface area contributed by atoms with Gasteiger partial charge in [-0.3, -0.25) is 0 Å². The molecule has 0 aromatic carbocycles. The van der Waals surface area contributed by atoms with Gasteiger partial charge in [0.05, 0.1) is 0 Å². The Morgan fingerprint density at radius 2 is 2.15 bits per heavy atom. The summed E-state index contributed by atoms with van der Waals surface area (Å²) in [5, 5.41) is 0. The summed E-state index contributed by atoms with van der Waals surface area (Å²) in [6, 6.07) is 0. The van der Waals surface area contributed by atoms with Crippen LogP contribution < -0.4 is 0 Å². The normalized spacial score (nSPS) is 22.3. The van der Waals surface area contributed by atoms with Crippen molar-refractivity contribution in [3.63, 3.8) is 0 Å². The van der Waals surface area contributed by atoms with Crippen LogP contribution in [0.1, 0.15) is 46.0 Å². The maximum atomic E-state index is 2.44. The predicted molar refractivity (Wildman–Crippen MR) is 57.6 cm³/mol. The van der Waals surface area contributed by atoms with Crippen LogP contribution in [0, 0.1) is 0 Å². The smallest absolute Gasteiger partial charge is 0.0232 e. The Balaban J connectivity index is 2.35. The van der Waals surface area contributed by atoms with Gasteiger partial charge in [-0.25, -0.2) is 0 Å². The summed E-state index contributed by atoms with van der Waals surface area (Å²) in [6.07, 6.45) is 11.4. The zero-order valence-electron chi connectivity index (χ0n) is 8.69. The highest BCUT2D eigenvalue weighted by atomic mass is 14.2. The lowest BCUT2D eigenvalue weighted by molar-refractivity contribution is 0.765. The van der Waals surface area contributed by atoms with Gasteiger partial charge in [0.15, 0.2) is 0 Å². The highest BCUT2D eigenvalue weighted by Crippen LogP contribution is 2.37. The van der Waals surface area contributed by atoms with Crippen molar-refractivity contribution in [2.24, 2.45) is 0 Å². The van der Waals surface area contributed by atoms with E-state index in [2.05, 4.69) is 26.0 Å². The summed E-state index contributed by atoms with van der Waals surface area (Å²) in [5.41, 5.74) is 6.27. The van der Waals surface area contributed by atoms with Gasteiger partial charge >= 0.3 is 0 Å². The first-order chi connectivity index (χ1) is 6.33. The second kappa shape index (κ2) is 3.53. The van der Waals surface area contributed by atoms with Gasteiger partial charge in [0.1, 0.15) is 0 Å². The molecule has 0 spiro atoms. The highest BCUT2D eigenvalue weighted by molar-refractivity contribution is 5.58. The van der Waals surface area contributed by atoms with Crippen LogP contribution in [0.25, 0.3) is 0 Å². The minimum atomic E-state index is 1.19. The Labute approximate surface area is 81.0 Å². The molecule has 0 aromatic rings. The van der Waals surface area contributed by atoms with E-state index in [4.69, 9.17) is 0 Å². The maximum Gasteiger partial charge on any atom is -0.0232 e. The zero-order valence-corrected chi connectivity index (χ0v) is 8.69. The molecule has 0 heterocycles. The van der Waals surface area contributed by atoms with Gasteiger partial charge in [0.25, 0.3) is 0 Å². The van der Waals surface area contributed by atoms with E-state index in [1.807, 2.05) is 0 Å². The largest absolute Gasteiger partial charge is 0.0767 e. The summed E-state index contributed by atoms with van der Waals surface area (Å²) >= 11 is 0.